The maximum Gasteiger partial charge on any atom is 0.317 e. The molecule has 5 nitrogen and oxygen atoms in total. The topological polar surface area (TPSA) is 77.5 Å². The number of allylic oxidation sites excluding steroid dienone is 2. The van der Waals surface area contributed by atoms with Crippen molar-refractivity contribution in [1.29, 1.82) is 0 Å². The summed E-state index contributed by atoms with van der Waals surface area (Å²) in [6.45, 7) is 10.3. The molecule has 5 saturated carbocycles. The Hall–Kier alpha value is -1.78. The molecule has 0 aromatic heterocycles. The Labute approximate surface area is 177 Å². The van der Waals surface area contributed by atoms with Crippen LogP contribution in [0.3, 0.4) is 0 Å². The number of hydrogen-bond acceptors (Lipinski definition) is 5. The van der Waals surface area contributed by atoms with Crippen molar-refractivity contribution in [2.24, 2.45) is 50.2 Å². The summed E-state index contributed by atoms with van der Waals surface area (Å²) < 4.78 is 5.62. The Morgan fingerprint density at radius 3 is 2.40 bits per heavy atom. The molecule has 0 radical (unpaired) electrons. The molecular weight excluding hydrogens is 380 g/mol. The fourth-order valence-corrected chi connectivity index (χ4v) is 10.1. The number of cyclic esters (lactones) is 1. The van der Waals surface area contributed by atoms with E-state index in [4.69, 9.17) is 4.74 Å². The van der Waals surface area contributed by atoms with Crippen LogP contribution in [0, 0.1) is 50.2 Å². The van der Waals surface area contributed by atoms with Crippen LogP contribution in [0.4, 0.5) is 0 Å². The number of fused-ring (bicyclic) bond motifs is 2. The zero-order chi connectivity index (χ0) is 21.7. The molecule has 4 bridgehead atoms. The summed E-state index contributed by atoms with van der Waals surface area (Å²) in [6.07, 6.45) is 6.76. The number of hydrogen-bond donors (Lipinski definition) is 0. The van der Waals surface area contributed by atoms with Gasteiger partial charge < -0.3 is 4.74 Å². The quantitative estimate of drug-likeness (QED) is 0.452. The third kappa shape index (κ3) is 1.45. The van der Waals surface area contributed by atoms with Crippen molar-refractivity contribution in [3.63, 3.8) is 0 Å². The number of esters is 1. The van der Waals surface area contributed by atoms with Crippen molar-refractivity contribution in [3.8, 4) is 0 Å². The van der Waals surface area contributed by atoms with E-state index in [2.05, 4.69) is 13.0 Å². The van der Waals surface area contributed by atoms with Crippen LogP contribution < -0.4 is 0 Å². The van der Waals surface area contributed by atoms with Gasteiger partial charge in [-0.05, 0) is 61.3 Å². The number of carbonyl (C=O) groups is 4. The Balaban J connectivity index is 1.64. The van der Waals surface area contributed by atoms with Gasteiger partial charge >= 0.3 is 5.97 Å². The standard InChI is InChI=1S/C25H30O5/c1-20(2)13-6-9-24-11-22(4)17(27)16-18(28)30-12-25(16,24)23(5,19(22)29)10-14(24)21(13,3)8-7-15(20)26/h7-8,13-14,16H,6,9-12H2,1-5H3/t13-,14-,16+,21-,22-,23-,24-,25+/m0/s1. The molecular formula is C25H30O5. The molecule has 8 atom stereocenters. The molecule has 7 rings (SSSR count). The summed E-state index contributed by atoms with van der Waals surface area (Å²) in [5.41, 5.74) is -3.58. The molecule has 30 heavy (non-hydrogen) atoms. The van der Waals surface area contributed by atoms with E-state index < -0.39 is 33.5 Å². The molecule has 0 amide bonds. The molecule has 6 fully saturated rings. The first kappa shape index (κ1) is 18.9. The average Bonchev–Trinajstić information content (AvgIpc) is 3.12. The zero-order valence-corrected chi connectivity index (χ0v) is 18.5. The molecule has 1 heterocycles. The van der Waals surface area contributed by atoms with Crippen LogP contribution in [0.15, 0.2) is 12.2 Å². The van der Waals surface area contributed by atoms with Gasteiger partial charge in [-0.15, -0.1) is 0 Å². The Morgan fingerprint density at radius 2 is 1.70 bits per heavy atom. The predicted molar refractivity (Wildman–Crippen MR) is 107 cm³/mol. The van der Waals surface area contributed by atoms with E-state index in [1.165, 1.54) is 0 Å². The van der Waals surface area contributed by atoms with Gasteiger partial charge in [0.05, 0.1) is 12.0 Å². The first-order valence-electron chi connectivity index (χ1n) is 11.3. The van der Waals surface area contributed by atoms with Crippen LogP contribution in [0.2, 0.25) is 0 Å². The lowest BCUT2D eigenvalue weighted by Crippen LogP contribution is -2.74. The van der Waals surface area contributed by atoms with Gasteiger partial charge in [-0.25, -0.2) is 0 Å². The fraction of sp³-hybridized carbons (Fsp3) is 0.760. The lowest BCUT2D eigenvalue weighted by atomic mass is 9.31. The second-order valence-corrected chi connectivity index (χ2v) is 12.3. The van der Waals surface area contributed by atoms with E-state index in [1.54, 1.807) is 13.0 Å². The molecule has 0 aromatic rings. The minimum atomic E-state index is -1.10. The molecule has 2 spiro atoms. The smallest absolute Gasteiger partial charge is 0.317 e. The number of Topliss-reactive ketones (excluding diaryl/α,β-unsaturated/α-hetero) is 2. The normalized spacial score (nSPS) is 57.2. The molecule has 0 unspecified atom stereocenters. The Morgan fingerprint density at radius 1 is 1.00 bits per heavy atom. The van der Waals surface area contributed by atoms with Crippen molar-refractivity contribution in [2.45, 2.75) is 60.3 Å². The lowest BCUT2D eigenvalue weighted by Gasteiger charge is -2.68. The molecule has 5 heteroatoms. The van der Waals surface area contributed by atoms with Gasteiger partial charge in [0.25, 0.3) is 0 Å². The summed E-state index contributed by atoms with van der Waals surface area (Å²) in [6, 6.07) is 0. The van der Waals surface area contributed by atoms with E-state index >= 15 is 0 Å². The minimum absolute atomic E-state index is 0.0184. The summed E-state index contributed by atoms with van der Waals surface area (Å²) >= 11 is 0. The first-order valence-corrected chi connectivity index (χ1v) is 11.3. The maximum atomic E-state index is 13.9. The van der Waals surface area contributed by atoms with Crippen molar-refractivity contribution in [2.75, 3.05) is 6.61 Å². The van der Waals surface area contributed by atoms with E-state index in [0.29, 0.717) is 12.8 Å². The number of ketones is 3. The monoisotopic (exact) mass is 410 g/mol. The Bertz CT molecular complexity index is 1010. The summed E-state index contributed by atoms with van der Waals surface area (Å²) in [5.74, 6) is -0.925. The van der Waals surface area contributed by atoms with Crippen LogP contribution in [0.5, 0.6) is 0 Å². The largest absolute Gasteiger partial charge is 0.464 e. The van der Waals surface area contributed by atoms with Crippen LogP contribution in [0.25, 0.3) is 0 Å². The van der Waals surface area contributed by atoms with Gasteiger partial charge in [0.2, 0.25) is 0 Å². The van der Waals surface area contributed by atoms with Crippen molar-refractivity contribution < 1.29 is 23.9 Å². The van der Waals surface area contributed by atoms with Gasteiger partial charge in [-0.2, -0.15) is 0 Å². The molecule has 1 aliphatic heterocycles. The van der Waals surface area contributed by atoms with Gasteiger partial charge in [0.15, 0.2) is 17.3 Å². The van der Waals surface area contributed by atoms with Gasteiger partial charge in [0.1, 0.15) is 5.92 Å². The predicted octanol–water partition coefficient (Wildman–Crippen LogP) is 3.30. The fourth-order valence-electron chi connectivity index (χ4n) is 10.1. The summed E-state index contributed by atoms with van der Waals surface area (Å²) in [4.78, 5) is 53.0. The van der Waals surface area contributed by atoms with E-state index in [0.717, 1.165) is 12.8 Å². The number of rotatable bonds is 0. The zero-order valence-electron chi connectivity index (χ0n) is 18.5. The lowest BCUT2D eigenvalue weighted by molar-refractivity contribution is -0.213. The highest BCUT2D eigenvalue weighted by atomic mass is 16.5. The highest BCUT2D eigenvalue weighted by molar-refractivity contribution is 6.20. The average molecular weight is 411 g/mol. The third-order valence-electron chi connectivity index (χ3n) is 11.3. The number of carbonyl (C=O) groups excluding carboxylic acids is 4. The molecule has 1 saturated heterocycles. The minimum Gasteiger partial charge on any atom is -0.464 e. The van der Waals surface area contributed by atoms with E-state index in [9.17, 15) is 19.2 Å². The molecule has 0 aromatic carbocycles. The molecule has 6 aliphatic carbocycles. The van der Waals surface area contributed by atoms with Crippen LogP contribution in [0.1, 0.15) is 60.3 Å². The first-order chi connectivity index (χ1) is 13.8. The SMILES string of the molecule is CC1(C)C(=O)C=C[C@@]2(C)[C@H]1CC[C@@]13C[C@@]4(C)C(=O)[C@@H]5C(=O)OC[C@]51[C@@](C)(C[C@@H]23)C4=O. The highest BCUT2D eigenvalue weighted by Crippen LogP contribution is 2.86. The Kier molecular flexibility index (Phi) is 2.96. The van der Waals surface area contributed by atoms with Crippen LogP contribution in [-0.4, -0.2) is 29.9 Å². The van der Waals surface area contributed by atoms with E-state index in [1.807, 2.05) is 20.8 Å². The summed E-state index contributed by atoms with van der Waals surface area (Å²) in [5, 5.41) is 0. The van der Waals surface area contributed by atoms with Crippen LogP contribution in [-0.2, 0) is 23.9 Å². The maximum absolute atomic E-state index is 13.9. The molecule has 7 aliphatic rings. The van der Waals surface area contributed by atoms with E-state index in [-0.39, 0.29) is 46.6 Å². The van der Waals surface area contributed by atoms with Gasteiger partial charge in [0, 0.05) is 16.2 Å². The molecule has 0 N–H and O–H groups in total. The highest BCUT2D eigenvalue weighted by Gasteiger charge is 2.90. The number of ether oxygens (including phenoxy) is 1. The van der Waals surface area contributed by atoms with Crippen LogP contribution >= 0.6 is 0 Å². The third-order valence-corrected chi connectivity index (χ3v) is 11.3. The van der Waals surface area contributed by atoms with Crippen molar-refractivity contribution >= 4 is 23.3 Å². The summed E-state index contributed by atoms with van der Waals surface area (Å²) in [7, 11) is 0. The second-order valence-electron chi connectivity index (χ2n) is 12.3. The van der Waals surface area contributed by atoms with Gasteiger partial charge in [-0.1, -0.05) is 33.8 Å². The van der Waals surface area contributed by atoms with Crippen molar-refractivity contribution in [3.05, 3.63) is 12.2 Å². The molecule has 160 valence electrons. The van der Waals surface area contributed by atoms with Gasteiger partial charge in [-0.3, -0.25) is 19.2 Å². The van der Waals surface area contributed by atoms with Crippen molar-refractivity contribution in [1.82, 2.24) is 0 Å². The second kappa shape index (κ2) is 4.68.